The molecule has 1 heterocycles. The normalized spacial score (nSPS) is 27.4. The van der Waals surface area contributed by atoms with Crippen molar-refractivity contribution in [2.45, 2.75) is 68.3 Å². The first-order valence-corrected chi connectivity index (χ1v) is 13.8. The second-order valence-electron chi connectivity index (χ2n) is 9.83. The van der Waals surface area contributed by atoms with E-state index < -0.39 is 8.24 Å². The molecular formula is C27H40FNSSiTi. The van der Waals surface area contributed by atoms with Crippen molar-refractivity contribution in [3.63, 3.8) is 0 Å². The first-order chi connectivity index (χ1) is 13.1. The second kappa shape index (κ2) is 11.4. The van der Waals surface area contributed by atoms with Crippen molar-refractivity contribution >= 4 is 25.2 Å². The fraction of sp³-hybridized carbons (Fsp3) is 0.444. The van der Waals surface area contributed by atoms with E-state index in [-0.39, 0.29) is 55.4 Å². The van der Waals surface area contributed by atoms with E-state index in [0.717, 1.165) is 0 Å². The molecule has 5 heteroatoms. The molecule has 1 fully saturated rings. The van der Waals surface area contributed by atoms with E-state index in [0.29, 0.717) is 28.5 Å². The summed E-state index contributed by atoms with van der Waals surface area (Å²) in [6.45, 7) is 13.9. The van der Waals surface area contributed by atoms with Crippen LogP contribution in [-0.2, 0) is 21.7 Å². The van der Waals surface area contributed by atoms with E-state index in [4.69, 9.17) is 4.98 Å². The molecule has 0 spiro atoms. The molecule has 0 aromatic heterocycles. The first kappa shape index (κ1) is 31.6. The van der Waals surface area contributed by atoms with Gasteiger partial charge in [-0.2, -0.15) is 0 Å². The van der Waals surface area contributed by atoms with Crippen LogP contribution < -0.4 is 5.19 Å². The van der Waals surface area contributed by atoms with Gasteiger partial charge in [0.2, 0.25) is 0 Å². The molecule has 6 unspecified atom stereocenters. The monoisotopic (exact) mass is 505 g/mol. The van der Waals surface area contributed by atoms with Crippen molar-refractivity contribution in [2.75, 3.05) is 0 Å². The predicted octanol–water partition coefficient (Wildman–Crippen LogP) is 8.04. The molecule has 174 valence electrons. The number of rotatable bonds is 3. The average molecular weight is 506 g/mol. The summed E-state index contributed by atoms with van der Waals surface area (Å²) in [5, 5.41) is 1.83. The van der Waals surface area contributed by atoms with Gasteiger partial charge in [-0.25, -0.2) is 4.39 Å². The summed E-state index contributed by atoms with van der Waals surface area (Å²) >= 11 is 2.07. The van der Waals surface area contributed by atoms with Crippen LogP contribution >= 0.6 is 11.8 Å². The Hall–Kier alpha value is -0.389. The third kappa shape index (κ3) is 5.46. The Morgan fingerprint density at radius 3 is 2.03 bits per heavy atom. The number of thioether (sulfide) groups is 1. The number of hydrogen-bond acceptors (Lipinski definition) is 1. The van der Waals surface area contributed by atoms with E-state index in [9.17, 15) is 4.39 Å². The molecule has 2 aromatic rings. The third-order valence-corrected chi connectivity index (χ3v) is 13.4. The number of nitrogens with zero attached hydrogens (tertiary/aromatic N) is 1. The van der Waals surface area contributed by atoms with E-state index in [1.807, 2.05) is 12.1 Å². The van der Waals surface area contributed by atoms with Crippen LogP contribution in [0.3, 0.4) is 0 Å². The topological polar surface area (TPSA) is 14.1 Å². The molecule has 0 amide bonds. The molecule has 0 saturated heterocycles. The molecule has 6 atom stereocenters. The Kier molecular flexibility index (Phi) is 11.2. The van der Waals surface area contributed by atoms with Crippen LogP contribution in [0.25, 0.3) is 4.98 Å². The van der Waals surface area contributed by atoms with Gasteiger partial charge in [0.15, 0.2) is 0 Å². The summed E-state index contributed by atoms with van der Waals surface area (Å²) in [4.78, 5) is 6.99. The van der Waals surface area contributed by atoms with E-state index in [1.54, 1.807) is 12.1 Å². The molecular weight excluding hydrogens is 465 g/mol. The van der Waals surface area contributed by atoms with Gasteiger partial charge in [0, 0.05) is 10.1 Å². The van der Waals surface area contributed by atoms with Gasteiger partial charge in [0.25, 0.3) is 0 Å². The Balaban J connectivity index is 0.00000240. The van der Waals surface area contributed by atoms with E-state index >= 15 is 0 Å². The van der Waals surface area contributed by atoms with Gasteiger partial charge in [0.05, 0.1) is 0 Å². The van der Waals surface area contributed by atoms with Crippen molar-refractivity contribution in [1.29, 1.82) is 0 Å². The zero-order valence-electron chi connectivity index (χ0n) is 21.2. The molecule has 0 radical (unpaired) electrons. The molecule has 4 rings (SSSR count). The average Bonchev–Trinajstić information content (AvgIpc) is 3.09. The largest absolute Gasteiger partial charge is 4.00 e. The van der Waals surface area contributed by atoms with Gasteiger partial charge in [-0.3, -0.25) is 0 Å². The number of hydrogen-bond donors (Lipinski definition) is 0. The third-order valence-electron chi connectivity index (χ3n) is 6.86. The van der Waals surface area contributed by atoms with Gasteiger partial charge in [-0.15, -0.1) is 17.3 Å². The van der Waals surface area contributed by atoms with Gasteiger partial charge in [-0.05, 0) is 55.3 Å². The SMILES string of the molecule is CC1C(C)C([Si](C)([N-]C(C)(C)C)c2ccc(F)cc2)C2Sc3ccccc3C12.[CH3-].[CH3-].[CH3-].[Ti+4]. The Morgan fingerprint density at radius 2 is 1.47 bits per heavy atom. The summed E-state index contributed by atoms with van der Waals surface area (Å²) < 4.78 is 13.7. The first-order valence-electron chi connectivity index (χ1n) is 10.4. The minimum atomic E-state index is -2.24. The molecule has 1 saturated carbocycles. The van der Waals surface area contributed by atoms with Crippen LogP contribution in [-0.4, -0.2) is 19.0 Å². The quantitative estimate of drug-likeness (QED) is 0.304. The molecule has 1 nitrogen and oxygen atoms in total. The molecule has 0 N–H and O–H groups in total. The molecule has 1 aliphatic carbocycles. The minimum absolute atomic E-state index is 0. The zero-order valence-corrected chi connectivity index (χ0v) is 24.6. The maximum atomic E-state index is 13.7. The van der Waals surface area contributed by atoms with Crippen LogP contribution in [0.15, 0.2) is 53.4 Å². The van der Waals surface area contributed by atoms with Crippen LogP contribution in [0.5, 0.6) is 0 Å². The van der Waals surface area contributed by atoms with Crippen LogP contribution in [0, 0.1) is 39.9 Å². The number of benzene rings is 2. The van der Waals surface area contributed by atoms with Crippen LogP contribution in [0.4, 0.5) is 4.39 Å². The maximum Gasteiger partial charge on any atom is 4.00 e. The fourth-order valence-corrected chi connectivity index (χ4v) is 13.5. The van der Waals surface area contributed by atoms with E-state index in [2.05, 4.69) is 77.2 Å². The van der Waals surface area contributed by atoms with Crippen molar-refractivity contribution in [2.24, 2.45) is 11.8 Å². The summed E-state index contributed by atoms with van der Waals surface area (Å²) in [6, 6.07) is 16.2. The summed E-state index contributed by atoms with van der Waals surface area (Å²) in [5.74, 6) is 1.67. The second-order valence-corrected chi connectivity index (χ2v) is 14.8. The van der Waals surface area contributed by atoms with Gasteiger partial charge in [-0.1, -0.05) is 76.7 Å². The Bertz CT molecular complexity index is 869. The van der Waals surface area contributed by atoms with Gasteiger partial charge >= 0.3 is 21.7 Å². The fourth-order valence-electron chi connectivity index (χ4n) is 5.74. The van der Waals surface area contributed by atoms with Crippen LogP contribution in [0.1, 0.15) is 46.1 Å². The number of halogens is 1. The zero-order chi connectivity index (χ0) is 20.3. The predicted molar refractivity (Wildman–Crippen MR) is 141 cm³/mol. The van der Waals surface area contributed by atoms with Crippen molar-refractivity contribution in [3.8, 4) is 0 Å². The summed E-state index contributed by atoms with van der Waals surface area (Å²) in [5.41, 5.74) is 1.96. The van der Waals surface area contributed by atoms with Crippen molar-refractivity contribution < 1.29 is 26.1 Å². The molecule has 1 aliphatic heterocycles. The van der Waals surface area contributed by atoms with Gasteiger partial charge in [0.1, 0.15) is 5.82 Å². The standard InChI is InChI=1S/C24H31FNSSi.3CH3.Ti/c1-15-16(2)23(22-21(15)19-9-7-8-10-20(19)27-22)28(6,26-24(3,4)5)18-13-11-17(25)12-14-18;;;;/h7-16,21-23H,1-6H3;3*1H3;/q4*-1;+4. The minimum Gasteiger partial charge on any atom is -0.656 e. The van der Waals surface area contributed by atoms with Crippen LogP contribution in [0.2, 0.25) is 12.1 Å². The molecule has 32 heavy (non-hydrogen) atoms. The summed E-state index contributed by atoms with van der Waals surface area (Å²) in [7, 11) is -2.24. The van der Waals surface area contributed by atoms with Gasteiger partial charge < -0.3 is 27.3 Å². The Morgan fingerprint density at radius 1 is 0.906 bits per heavy atom. The number of fused-ring (bicyclic) bond motifs is 3. The smallest absolute Gasteiger partial charge is 0.656 e. The van der Waals surface area contributed by atoms with Crippen molar-refractivity contribution in [1.82, 2.24) is 0 Å². The van der Waals surface area contributed by atoms with E-state index in [1.165, 1.54) is 15.6 Å². The summed E-state index contributed by atoms with van der Waals surface area (Å²) in [6.07, 6.45) is 0. The maximum absolute atomic E-state index is 13.7. The molecule has 0 bridgehead atoms. The van der Waals surface area contributed by atoms with Crippen molar-refractivity contribution in [3.05, 3.63) is 87.2 Å². The molecule has 2 aliphatic rings. The Labute approximate surface area is 217 Å². The molecule has 2 aromatic carbocycles.